The van der Waals surface area contributed by atoms with Crippen LogP contribution in [0.3, 0.4) is 0 Å². The lowest BCUT2D eigenvalue weighted by atomic mass is 10.1. The molecule has 0 aliphatic rings. The smallest absolute Gasteiger partial charge is 0.420 e. The first kappa shape index (κ1) is 12.2. The SMILES string of the molecule is O=C(O)c1cc(=O)c2cccc(C(F)(F)F)c2o1. The van der Waals surface area contributed by atoms with Crippen LogP contribution in [0.15, 0.2) is 33.5 Å². The van der Waals surface area contributed by atoms with Gasteiger partial charge in [-0.15, -0.1) is 0 Å². The first-order chi connectivity index (χ1) is 8.30. The Hall–Kier alpha value is -2.31. The van der Waals surface area contributed by atoms with Gasteiger partial charge in [0.15, 0.2) is 11.0 Å². The molecule has 94 valence electrons. The number of rotatable bonds is 1. The number of para-hydroxylation sites is 1. The van der Waals surface area contributed by atoms with Crippen molar-refractivity contribution in [3.05, 3.63) is 45.8 Å². The summed E-state index contributed by atoms with van der Waals surface area (Å²) in [6.45, 7) is 0. The fraction of sp³-hybridized carbons (Fsp3) is 0.0909. The van der Waals surface area contributed by atoms with Crippen molar-refractivity contribution >= 4 is 16.9 Å². The van der Waals surface area contributed by atoms with Gasteiger partial charge in [0.2, 0.25) is 5.76 Å². The molecule has 0 unspecified atom stereocenters. The van der Waals surface area contributed by atoms with Crippen molar-refractivity contribution in [3.63, 3.8) is 0 Å². The second-order valence-corrected chi connectivity index (χ2v) is 3.46. The Balaban J connectivity index is 2.91. The van der Waals surface area contributed by atoms with E-state index in [1.165, 1.54) is 0 Å². The largest absolute Gasteiger partial charge is 0.475 e. The average molecular weight is 258 g/mol. The number of alkyl halides is 3. The number of hydrogen-bond donors (Lipinski definition) is 1. The standard InChI is InChI=1S/C11H5F3O4/c12-11(13,14)6-3-1-2-5-7(15)4-8(10(16)17)18-9(5)6/h1-4H,(H,16,17). The number of fused-ring (bicyclic) bond motifs is 1. The van der Waals surface area contributed by atoms with Gasteiger partial charge < -0.3 is 9.52 Å². The third-order valence-corrected chi connectivity index (χ3v) is 2.27. The molecule has 18 heavy (non-hydrogen) atoms. The molecule has 0 aliphatic carbocycles. The Morgan fingerprint density at radius 1 is 1.28 bits per heavy atom. The summed E-state index contributed by atoms with van der Waals surface area (Å²) < 4.78 is 42.7. The van der Waals surface area contributed by atoms with Crippen molar-refractivity contribution in [3.8, 4) is 0 Å². The molecule has 2 aromatic rings. The summed E-state index contributed by atoms with van der Waals surface area (Å²) in [7, 11) is 0. The van der Waals surface area contributed by atoms with Gasteiger partial charge in [-0.05, 0) is 12.1 Å². The molecule has 0 amide bonds. The monoisotopic (exact) mass is 258 g/mol. The minimum Gasteiger partial charge on any atom is -0.475 e. The van der Waals surface area contributed by atoms with Crippen LogP contribution < -0.4 is 5.43 Å². The number of carboxylic acids is 1. The van der Waals surface area contributed by atoms with Crippen LogP contribution in [0.4, 0.5) is 13.2 Å². The highest BCUT2D eigenvalue weighted by molar-refractivity contribution is 5.88. The van der Waals surface area contributed by atoms with Gasteiger partial charge in [-0.1, -0.05) is 6.07 Å². The minimum atomic E-state index is -4.73. The minimum absolute atomic E-state index is 0.310. The second-order valence-electron chi connectivity index (χ2n) is 3.46. The maximum atomic E-state index is 12.7. The lowest BCUT2D eigenvalue weighted by Gasteiger charge is -2.09. The van der Waals surface area contributed by atoms with E-state index < -0.39 is 34.5 Å². The third kappa shape index (κ3) is 1.94. The lowest BCUT2D eigenvalue weighted by Crippen LogP contribution is -2.11. The Kier molecular flexibility index (Phi) is 2.61. The molecular weight excluding hydrogens is 253 g/mol. The summed E-state index contributed by atoms with van der Waals surface area (Å²) in [6.07, 6.45) is -4.73. The summed E-state index contributed by atoms with van der Waals surface area (Å²) in [5, 5.41) is 8.34. The molecule has 1 aromatic heterocycles. The van der Waals surface area contributed by atoms with E-state index in [9.17, 15) is 22.8 Å². The highest BCUT2D eigenvalue weighted by Gasteiger charge is 2.34. The Morgan fingerprint density at radius 2 is 1.94 bits per heavy atom. The second kappa shape index (κ2) is 3.86. The molecular formula is C11H5F3O4. The normalized spacial score (nSPS) is 11.7. The van der Waals surface area contributed by atoms with Gasteiger partial charge in [0, 0.05) is 6.07 Å². The van der Waals surface area contributed by atoms with E-state index in [0.29, 0.717) is 6.07 Å². The highest BCUT2D eigenvalue weighted by Crippen LogP contribution is 2.34. The van der Waals surface area contributed by atoms with E-state index in [1.807, 2.05) is 0 Å². The van der Waals surface area contributed by atoms with E-state index in [2.05, 4.69) is 4.42 Å². The quantitative estimate of drug-likeness (QED) is 0.853. The zero-order chi connectivity index (χ0) is 13.5. The van der Waals surface area contributed by atoms with Gasteiger partial charge >= 0.3 is 12.1 Å². The predicted octanol–water partition coefficient (Wildman–Crippen LogP) is 2.51. The van der Waals surface area contributed by atoms with Gasteiger partial charge in [-0.25, -0.2) is 4.79 Å². The van der Waals surface area contributed by atoms with Gasteiger partial charge in [0.05, 0.1) is 10.9 Å². The third-order valence-electron chi connectivity index (χ3n) is 2.27. The molecule has 0 fully saturated rings. The first-order valence-corrected chi connectivity index (χ1v) is 4.68. The van der Waals surface area contributed by atoms with Crippen LogP contribution in [0, 0.1) is 0 Å². The first-order valence-electron chi connectivity index (χ1n) is 4.68. The Morgan fingerprint density at radius 3 is 2.50 bits per heavy atom. The predicted molar refractivity (Wildman–Crippen MR) is 54.4 cm³/mol. The van der Waals surface area contributed by atoms with E-state index in [0.717, 1.165) is 18.2 Å². The van der Waals surface area contributed by atoms with Crippen molar-refractivity contribution in [2.75, 3.05) is 0 Å². The summed E-state index contributed by atoms with van der Waals surface area (Å²) in [6, 6.07) is 3.56. The van der Waals surface area contributed by atoms with Gasteiger partial charge in [-0.3, -0.25) is 4.79 Å². The molecule has 0 radical (unpaired) electrons. The van der Waals surface area contributed by atoms with E-state index in [1.54, 1.807) is 0 Å². The molecule has 0 bridgehead atoms. The maximum absolute atomic E-state index is 12.7. The number of hydrogen-bond acceptors (Lipinski definition) is 3. The molecule has 0 saturated carbocycles. The highest BCUT2D eigenvalue weighted by atomic mass is 19.4. The Labute approximate surface area is 97.3 Å². The van der Waals surface area contributed by atoms with Gasteiger partial charge in [-0.2, -0.15) is 13.2 Å². The molecule has 4 nitrogen and oxygen atoms in total. The zero-order valence-corrected chi connectivity index (χ0v) is 8.62. The van der Waals surface area contributed by atoms with Crippen molar-refractivity contribution < 1.29 is 27.5 Å². The molecule has 0 spiro atoms. The number of halogens is 3. The molecule has 2 rings (SSSR count). The van der Waals surface area contributed by atoms with E-state index in [4.69, 9.17) is 5.11 Å². The number of carboxylic acid groups (broad SMARTS) is 1. The lowest BCUT2D eigenvalue weighted by molar-refractivity contribution is -0.136. The van der Waals surface area contributed by atoms with Gasteiger partial charge in [0.25, 0.3) is 0 Å². The summed E-state index contributed by atoms with van der Waals surface area (Å²) in [5.41, 5.74) is -2.78. The summed E-state index contributed by atoms with van der Waals surface area (Å²) in [5.74, 6) is -2.44. The summed E-state index contributed by atoms with van der Waals surface area (Å²) >= 11 is 0. The fourth-order valence-electron chi connectivity index (χ4n) is 1.51. The Bertz CT molecular complexity index is 685. The average Bonchev–Trinajstić information content (AvgIpc) is 2.26. The van der Waals surface area contributed by atoms with Crippen LogP contribution in [0.2, 0.25) is 0 Å². The molecule has 0 aliphatic heterocycles. The molecule has 1 aromatic carbocycles. The number of carbonyl (C=O) groups is 1. The van der Waals surface area contributed by atoms with Crippen molar-refractivity contribution in [2.45, 2.75) is 6.18 Å². The maximum Gasteiger partial charge on any atom is 0.420 e. The van der Waals surface area contributed by atoms with Crippen molar-refractivity contribution in [1.82, 2.24) is 0 Å². The number of benzene rings is 1. The van der Waals surface area contributed by atoms with Crippen LogP contribution in [0.1, 0.15) is 16.1 Å². The van der Waals surface area contributed by atoms with Gasteiger partial charge in [0.1, 0.15) is 0 Å². The van der Waals surface area contributed by atoms with E-state index in [-0.39, 0.29) is 5.39 Å². The van der Waals surface area contributed by atoms with Crippen LogP contribution >= 0.6 is 0 Å². The number of aromatic carboxylic acids is 1. The molecule has 1 N–H and O–H groups in total. The molecule has 7 heteroatoms. The zero-order valence-electron chi connectivity index (χ0n) is 8.62. The molecule has 0 saturated heterocycles. The van der Waals surface area contributed by atoms with Crippen molar-refractivity contribution in [2.24, 2.45) is 0 Å². The molecule has 0 atom stereocenters. The van der Waals surface area contributed by atoms with Crippen LogP contribution in [0.5, 0.6) is 0 Å². The fourth-order valence-corrected chi connectivity index (χ4v) is 1.51. The van der Waals surface area contributed by atoms with E-state index >= 15 is 0 Å². The molecule has 1 heterocycles. The topological polar surface area (TPSA) is 67.5 Å². The van der Waals surface area contributed by atoms with Crippen molar-refractivity contribution in [1.29, 1.82) is 0 Å². The van der Waals surface area contributed by atoms with Crippen LogP contribution in [0.25, 0.3) is 11.0 Å². The van der Waals surface area contributed by atoms with Crippen LogP contribution in [-0.4, -0.2) is 11.1 Å². The summed E-state index contributed by atoms with van der Waals surface area (Å²) in [4.78, 5) is 22.1. The van der Waals surface area contributed by atoms with Crippen LogP contribution in [-0.2, 0) is 6.18 Å².